The van der Waals surface area contributed by atoms with Gasteiger partial charge in [-0.25, -0.2) is 22.9 Å². The minimum Gasteiger partial charge on any atom is -0.444 e. The highest BCUT2D eigenvalue weighted by Crippen LogP contribution is 2.55. The number of anilines is 2. The third kappa shape index (κ3) is 5.93. The Morgan fingerprint density at radius 2 is 1.88 bits per heavy atom. The number of carbonyl (C=O) groups is 2. The van der Waals surface area contributed by atoms with Crippen LogP contribution in [0.15, 0.2) is 43.0 Å². The predicted octanol–water partition coefficient (Wildman–Crippen LogP) is 6.61. The van der Waals surface area contributed by atoms with Crippen LogP contribution in [0.2, 0.25) is 0 Å². The third-order valence-corrected chi connectivity index (χ3v) is 7.32. The van der Waals surface area contributed by atoms with Gasteiger partial charge in [-0.15, -0.1) is 0 Å². The molecule has 0 saturated heterocycles. The van der Waals surface area contributed by atoms with Crippen molar-refractivity contribution in [2.75, 3.05) is 10.6 Å². The summed E-state index contributed by atoms with van der Waals surface area (Å²) in [6.07, 6.45) is 2.16. The SMILES string of the molecule is Cc1ccncc1-c1cc2cc(NC(=O)C3C(C)C3c3cn[nH]c3CC(F)F)ncc2c(NC(=O)OC(C)(C)C)c1F. The van der Waals surface area contributed by atoms with Crippen LogP contribution in [-0.2, 0) is 16.0 Å². The van der Waals surface area contributed by atoms with Crippen molar-refractivity contribution in [1.82, 2.24) is 20.2 Å². The van der Waals surface area contributed by atoms with E-state index in [0.29, 0.717) is 27.6 Å². The number of hydrogen-bond acceptors (Lipinski definition) is 6. The molecule has 9 nitrogen and oxygen atoms in total. The summed E-state index contributed by atoms with van der Waals surface area (Å²) >= 11 is 0. The van der Waals surface area contributed by atoms with Gasteiger partial charge in [-0.05, 0) is 68.3 Å². The number of H-pyrrole nitrogens is 1. The van der Waals surface area contributed by atoms with E-state index >= 15 is 4.39 Å². The first-order valence-corrected chi connectivity index (χ1v) is 13.5. The van der Waals surface area contributed by atoms with Crippen LogP contribution in [0.1, 0.15) is 50.4 Å². The molecule has 0 aliphatic heterocycles. The molecule has 3 unspecified atom stereocenters. The second-order valence-electron chi connectivity index (χ2n) is 11.5. The summed E-state index contributed by atoms with van der Waals surface area (Å²) in [4.78, 5) is 34.3. The number of ether oxygens (including phenoxy) is 1. The highest BCUT2D eigenvalue weighted by Gasteiger charge is 2.53. The first-order chi connectivity index (χ1) is 19.8. The molecule has 3 N–H and O–H groups in total. The van der Waals surface area contributed by atoms with Gasteiger partial charge < -0.3 is 10.1 Å². The zero-order chi connectivity index (χ0) is 30.3. The molecular formula is C30H31F3N6O3. The summed E-state index contributed by atoms with van der Waals surface area (Å²) in [7, 11) is 0. The summed E-state index contributed by atoms with van der Waals surface area (Å²) in [5.74, 6) is -1.58. The molecule has 42 heavy (non-hydrogen) atoms. The van der Waals surface area contributed by atoms with Crippen LogP contribution >= 0.6 is 0 Å². The second kappa shape index (κ2) is 11.1. The highest BCUT2D eigenvalue weighted by molar-refractivity contribution is 6.05. The molecule has 1 aliphatic carbocycles. The number of carbonyl (C=O) groups excluding carboxylic acids is 2. The van der Waals surface area contributed by atoms with Crippen LogP contribution in [0.25, 0.3) is 21.9 Å². The fourth-order valence-electron chi connectivity index (χ4n) is 5.29. The maximum absolute atomic E-state index is 16.0. The monoisotopic (exact) mass is 580 g/mol. The Morgan fingerprint density at radius 1 is 1.12 bits per heavy atom. The smallest absolute Gasteiger partial charge is 0.412 e. The van der Waals surface area contributed by atoms with Gasteiger partial charge in [0.15, 0.2) is 5.82 Å². The molecule has 1 fully saturated rings. The van der Waals surface area contributed by atoms with Gasteiger partial charge in [-0.2, -0.15) is 5.10 Å². The number of amides is 2. The summed E-state index contributed by atoms with van der Waals surface area (Å²) < 4.78 is 47.3. The molecule has 3 heterocycles. The van der Waals surface area contributed by atoms with E-state index in [9.17, 15) is 18.4 Å². The average molecular weight is 581 g/mol. The number of nitrogens with zero attached hydrogens (tertiary/aromatic N) is 3. The van der Waals surface area contributed by atoms with Crippen molar-refractivity contribution in [3.8, 4) is 11.1 Å². The zero-order valence-corrected chi connectivity index (χ0v) is 23.8. The number of aromatic amines is 1. The lowest BCUT2D eigenvalue weighted by Gasteiger charge is -2.21. The number of aryl methyl sites for hydroxylation is 1. The third-order valence-electron chi connectivity index (χ3n) is 7.32. The van der Waals surface area contributed by atoms with Gasteiger partial charge in [0.2, 0.25) is 12.3 Å². The Labute approximate surface area is 240 Å². The molecule has 1 aliphatic rings. The maximum Gasteiger partial charge on any atom is 0.412 e. The van der Waals surface area contributed by atoms with Crippen molar-refractivity contribution in [3.05, 3.63) is 65.6 Å². The van der Waals surface area contributed by atoms with Crippen molar-refractivity contribution >= 4 is 34.3 Å². The van der Waals surface area contributed by atoms with Crippen LogP contribution in [0.5, 0.6) is 0 Å². The number of fused-ring (bicyclic) bond motifs is 1. The number of alkyl halides is 2. The van der Waals surface area contributed by atoms with E-state index in [1.807, 2.05) is 13.8 Å². The normalized spacial score (nSPS) is 18.3. The quantitative estimate of drug-likeness (QED) is 0.226. The Balaban J connectivity index is 1.47. The van der Waals surface area contributed by atoms with Crippen LogP contribution < -0.4 is 10.6 Å². The Kier molecular flexibility index (Phi) is 7.65. The van der Waals surface area contributed by atoms with Gasteiger partial charge in [0.05, 0.1) is 18.3 Å². The zero-order valence-electron chi connectivity index (χ0n) is 23.8. The Hall–Kier alpha value is -4.48. The molecule has 220 valence electrons. The van der Waals surface area contributed by atoms with Gasteiger partial charge >= 0.3 is 6.09 Å². The number of benzene rings is 1. The molecule has 1 saturated carbocycles. The van der Waals surface area contributed by atoms with Gasteiger partial charge in [0.1, 0.15) is 11.4 Å². The molecule has 1 aromatic carbocycles. The van der Waals surface area contributed by atoms with E-state index in [-0.39, 0.29) is 34.8 Å². The van der Waals surface area contributed by atoms with E-state index in [1.54, 1.807) is 45.2 Å². The van der Waals surface area contributed by atoms with Gasteiger partial charge in [0, 0.05) is 52.6 Å². The lowest BCUT2D eigenvalue weighted by Crippen LogP contribution is -2.27. The Bertz CT molecular complexity index is 1670. The van der Waals surface area contributed by atoms with Crippen molar-refractivity contribution in [2.24, 2.45) is 11.8 Å². The largest absolute Gasteiger partial charge is 0.444 e. The fourth-order valence-corrected chi connectivity index (χ4v) is 5.29. The predicted molar refractivity (Wildman–Crippen MR) is 152 cm³/mol. The van der Waals surface area contributed by atoms with E-state index in [2.05, 4.69) is 30.8 Å². The van der Waals surface area contributed by atoms with E-state index in [4.69, 9.17) is 4.74 Å². The summed E-state index contributed by atoms with van der Waals surface area (Å²) in [6.45, 7) is 8.79. The van der Waals surface area contributed by atoms with Crippen LogP contribution in [-0.4, -0.2) is 44.2 Å². The van der Waals surface area contributed by atoms with E-state index in [0.717, 1.165) is 5.56 Å². The minimum absolute atomic E-state index is 0.0848. The molecule has 0 spiro atoms. The van der Waals surface area contributed by atoms with Gasteiger partial charge in [-0.1, -0.05) is 6.92 Å². The van der Waals surface area contributed by atoms with Crippen molar-refractivity contribution in [2.45, 2.75) is 59.0 Å². The van der Waals surface area contributed by atoms with Crippen molar-refractivity contribution < 1.29 is 27.5 Å². The fraction of sp³-hybridized carbons (Fsp3) is 0.367. The number of halogens is 3. The topological polar surface area (TPSA) is 122 Å². The van der Waals surface area contributed by atoms with Crippen molar-refractivity contribution in [1.29, 1.82) is 0 Å². The van der Waals surface area contributed by atoms with Gasteiger partial charge in [0.25, 0.3) is 0 Å². The summed E-state index contributed by atoms with van der Waals surface area (Å²) in [5, 5.41) is 12.7. The number of aromatic nitrogens is 4. The van der Waals surface area contributed by atoms with E-state index < -0.39 is 36.3 Å². The Morgan fingerprint density at radius 3 is 2.57 bits per heavy atom. The first kappa shape index (κ1) is 29.0. The van der Waals surface area contributed by atoms with Crippen LogP contribution in [0.3, 0.4) is 0 Å². The number of pyridine rings is 2. The second-order valence-corrected chi connectivity index (χ2v) is 11.5. The average Bonchev–Trinajstić information content (AvgIpc) is 3.35. The van der Waals surface area contributed by atoms with Crippen molar-refractivity contribution in [3.63, 3.8) is 0 Å². The molecule has 12 heteroatoms. The molecule has 2 amide bonds. The van der Waals surface area contributed by atoms with Crippen LogP contribution in [0.4, 0.5) is 29.5 Å². The summed E-state index contributed by atoms with van der Waals surface area (Å²) in [5.41, 5.74) is 1.51. The molecule has 3 aromatic heterocycles. The molecular weight excluding hydrogens is 549 g/mol. The first-order valence-electron chi connectivity index (χ1n) is 13.5. The number of rotatable bonds is 7. The minimum atomic E-state index is -2.53. The standard InChI is InChI=1S/C30H31F3N6O3/c1-14-6-7-34-11-18(14)17-8-16-9-23(35-12-19(16)27(26(17)33)38-29(41)42-30(3,4)5)37-28(40)25-15(2)24(25)20-13-36-39-21(20)10-22(31)32/h6-9,11-13,15,22,24-25H,10H2,1-5H3,(H,36,39)(H,38,41)(H,35,37,40). The number of nitrogens with one attached hydrogen (secondary N) is 3. The maximum atomic E-state index is 16.0. The van der Waals surface area contributed by atoms with Gasteiger partial charge in [-0.3, -0.25) is 20.2 Å². The summed E-state index contributed by atoms with van der Waals surface area (Å²) in [6, 6.07) is 4.94. The lowest BCUT2D eigenvalue weighted by molar-refractivity contribution is -0.117. The van der Waals surface area contributed by atoms with E-state index in [1.165, 1.54) is 18.6 Å². The molecule has 0 radical (unpaired) electrons. The molecule has 4 aromatic rings. The van der Waals surface area contributed by atoms with Crippen LogP contribution in [0, 0.1) is 24.6 Å². The molecule has 3 atom stereocenters. The lowest BCUT2D eigenvalue weighted by atomic mass is 9.98. The number of hydrogen-bond donors (Lipinski definition) is 3. The molecule has 0 bridgehead atoms. The molecule has 5 rings (SSSR count). The highest BCUT2D eigenvalue weighted by atomic mass is 19.3.